The zero-order valence-corrected chi connectivity index (χ0v) is 26.3. The molecule has 0 spiro atoms. The van der Waals surface area contributed by atoms with Gasteiger partial charge < -0.3 is 20.1 Å². The van der Waals surface area contributed by atoms with Gasteiger partial charge in [-0.3, -0.25) is 14.2 Å². The van der Waals surface area contributed by atoms with Gasteiger partial charge in [-0.15, -0.1) is 21.5 Å². The van der Waals surface area contributed by atoms with Crippen LogP contribution in [0.15, 0.2) is 53.7 Å². The summed E-state index contributed by atoms with van der Waals surface area (Å²) in [5.74, 6) is -3.16. The van der Waals surface area contributed by atoms with Gasteiger partial charge in [0, 0.05) is 11.3 Å². The van der Waals surface area contributed by atoms with Crippen molar-refractivity contribution >= 4 is 51.9 Å². The van der Waals surface area contributed by atoms with Gasteiger partial charge >= 0.3 is 11.9 Å². The largest absolute Gasteiger partial charge is 0.462 e. The summed E-state index contributed by atoms with van der Waals surface area (Å²) < 4.78 is 39.1. The normalized spacial score (nSPS) is 11.5. The van der Waals surface area contributed by atoms with E-state index in [0.717, 1.165) is 29.2 Å². The number of carbonyl (C=O) groups is 4. The summed E-state index contributed by atoms with van der Waals surface area (Å²) in [4.78, 5) is 51.4. The molecule has 2 aromatic carbocycles. The van der Waals surface area contributed by atoms with Gasteiger partial charge in [0.05, 0.1) is 30.6 Å². The molecule has 15 heteroatoms. The number of hydrogen-bond donors (Lipinski definition) is 2. The molecule has 2 N–H and O–H groups in total. The predicted molar refractivity (Wildman–Crippen MR) is 164 cm³/mol. The van der Waals surface area contributed by atoms with E-state index in [1.807, 2.05) is 0 Å². The first kappa shape index (κ1) is 33.3. The van der Waals surface area contributed by atoms with Gasteiger partial charge in [-0.2, -0.15) is 0 Å². The molecule has 0 radical (unpaired) electrons. The van der Waals surface area contributed by atoms with Crippen molar-refractivity contribution in [3.63, 3.8) is 0 Å². The summed E-state index contributed by atoms with van der Waals surface area (Å²) in [6.45, 7) is 6.58. The minimum absolute atomic E-state index is 0.0567. The van der Waals surface area contributed by atoms with E-state index >= 15 is 0 Å². The molecule has 2 heterocycles. The number of halogens is 2. The number of amides is 2. The molecule has 0 saturated carbocycles. The quantitative estimate of drug-likeness (QED) is 0.153. The monoisotopic (exact) mass is 657 g/mol. The molecule has 0 saturated heterocycles. The molecule has 2 amide bonds. The van der Waals surface area contributed by atoms with Crippen LogP contribution in [0.5, 0.6) is 0 Å². The Morgan fingerprint density at radius 3 is 2.33 bits per heavy atom. The number of nitrogens with zero attached hydrogens (tertiary/aromatic N) is 3. The average Bonchev–Trinajstić information content (AvgIpc) is 3.56. The molecule has 11 nitrogen and oxygen atoms in total. The first-order valence-electron chi connectivity index (χ1n) is 13.7. The van der Waals surface area contributed by atoms with Crippen LogP contribution in [0.1, 0.15) is 62.5 Å². The fourth-order valence-electron chi connectivity index (χ4n) is 4.10. The molecule has 0 fully saturated rings. The second-order valence-electron chi connectivity index (χ2n) is 9.35. The Morgan fingerprint density at radius 2 is 1.67 bits per heavy atom. The lowest BCUT2D eigenvalue weighted by atomic mass is 10.1. The zero-order chi connectivity index (χ0) is 32.7. The Morgan fingerprint density at radius 1 is 0.978 bits per heavy atom. The maximum absolute atomic E-state index is 13.7. The lowest BCUT2D eigenvalue weighted by Gasteiger charge is -2.14. The summed E-state index contributed by atoms with van der Waals surface area (Å²) in [5, 5.41) is 13.3. The molecule has 4 aromatic rings. The van der Waals surface area contributed by atoms with Gasteiger partial charge in [0.2, 0.25) is 5.91 Å². The van der Waals surface area contributed by atoms with Gasteiger partial charge in [0.1, 0.15) is 21.5 Å². The maximum Gasteiger partial charge on any atom is 0.348 e. The summed E-state index contributed by atoms with van der Waals surface area (Å²) in [7, 11) is 0. The SMILES string of the molecule is CCOC(=O)c1sc(NC(=O)[C@H](C)Sc2nnc(CNC(=O)c3cccc(F)c3)n2-c2ccc(F)cc2)c(C(=O)OCC)c1C. The molecular weight excluding hydrogens is 628 g/mol. The van der Waals surface area contributed by atoms with Gasteiger partial charge in [-0.05, 0) is 75.7 Å². The number of benzene rings is 2. The van der Waals surface area contributed by atoms with Crippen LogP contribution >= 0.6 is 23.1 Å². The molecule has 0 aliphatic carbocycles. The van der Waals surface area contributed by atoms with E-state index in [0.29, 0.717) is 11.3 Å². The van der Waals surface area contributed by atoms with Crippen molar-refractivity contribution in [3.8, 4) is 5.69 Å². The number of aromatic nitrogens is 3. The second-order valence-corrected chi connectivity index (χ2v) is 11.7. The van der Waals surface area contributed by atoms with Crippen LogP contribution in [-0.2, 0) is 20.8 Å². The van der Waals surface area contributed by atoms with Crippen molar-refractivity contribution in [2.75, 3.05) is 18.5 Å². The highest BCUT2D eigenvalue weighted by Gasteiger charge is 2.29. The van der Waals surface area contributed by atoms with Crippen LogP contribution in [0.2, 0.25) is 0 Å². The fourth-order valence-corrected chi connectivity index (χ4v) is 6.08. The minimum atomic E-state index is -0.813. The van der Waals surface area contributed by atoms with Gasteiger partial charge in [0.15, 0.2) is 11.0 Å². The van der Waals surface area contributed by atoms with E-state index in [4.69, 9.17) is 9.47 Å². The van der Waals surface area contributed by atoms with Crippen LogP contribution in [-0.4, -0.2) is 57.0 Å². The molecule has 0 unspecified atom stereocenters. The Labute approximate surface area is 265 Å². The van der Waals surface area contributed by atoms with E-state index in [1.54, 1.807) is 32.3 Å². The number of ether oxygens (including phenoxy) is 2. The topological polar surface area (TPSA) is 142 Å². The van der Waals surface area contributed by atoms with E-state index in [1.165, 1.54) is 42.5 Å². The smallest absolute Gasteiger partial charge is 0.348 e. The number of hydrogen-bond acceptors (Lipinski definition) is 10. The van der Waals surface area contributed by atoms with E-state index in [2.05, 4.69) is 20.8 Å². The van der Waals surface area contributed by atoms with Gasteiger partial charge in [-0.1, -0.05) is 17.8 Å². The number of anilines is 1. The van der Waals surface area contributed by atoms with Crippen LogP contribution < -0.4 is 10.6 Å². The van der Waals surface area contributed by atoms with Crippen LogP contribution in [0.4, 0.5) is 13.8 Å². The number of thiophene rings is 1. The maximum atomic E-state index is 13.7. The van der Waals surface area contributed by atoms with Crippen LogP contribution in [0.3, 0.4) is 0 Å². The molecule has 2 aromatic heterocycles. The second kappa shape index (κ2) is 14.9. The van der Waals surface area contributed by atoms with Crippen molar-refractivity contribution in [2.45, 2.75) is 44.6 Å². The van der Waals surface area contributed by atoms with Crippen molar-refractivity contribution in [1.29, 1.82) is 0 Å². The first-order chi connectivity index (χ1) is 21.5. The number of nitrogens with one attached hydrogen (secondary N) is 2. The molecule has 236 valence electrons. The fraction of sp³-hybridized carbons (Fsp3) is 0.267. The summed E-state index contributed by atoms with van der Waals surface area (Å²) in [5.41, 5.74) is 0.957. The van der Waals surface area contributed by atoms with Crippen molar-refractivity contribution in [1.82, 2.24) is 20.1 Å². The first-order valence-corrected chi connectivity index (χ1v) is 15.4. The average molecular weight is 658 g/mol. The van der Waals surface area contributed by atoms with E-state index in [9.17, 15) is 28.0 Å². The van der Waals surface area contributed by atoms with Crippen LogP contribution in [0.25, 0.3) is 5.69 Å². The van der Waals surface area contributed by atoms with Crippen LogP contribution in [0, 0.1) is 18.6 Å². The highest BCUT2D eigenvalue weighted by molar-refractivity contribution is 8.00. The molecular formula is C30H29F2N5O6S2. The summed E-state index contributed by atoms with van der Waals surface area (Å²) in [6.07, 6.45) is 0. The van der Waals surface area contributed by atoms with Gasteiger partial charge in [0.25, 0.3) is 5.91 Å². The lowest BCUT2D eigenvalue weighted by molar-refractivity contribution is -0.115. The standard InChI is InChI=1S/C30H29F2N5O6S2/c1-5-42-28(40)23-16(3)24(29(41)43-6-2)45-27(23)34-25(38)17(4)44-30-36-35-22(37(30)21-12-10-19(31)11-13-21)15-33-26(39)18-8-7-9-20(32)14-18/h7-14,17H,5-6,15H2,1-4H3,(H,33,39)(H,34,38)/t17-/m0/s1. The van der Waals surface area contributed by atoms with Gasteiger partial charge in [-0.25, -0.2) is 18.4 Å². The Hall–Kier alpha value is -4.63. The summed E-state index contributed by atoms with van der Waals surface area (Å²) >= 11 is 1.92. The number of esters is 2. The molecule has 1 atom stereocenters. The van der Waals surface area contributed by atoms with Crippen molar-refractivity contribution < 1.29 is 37.4 Å². The highest BCUT2D eigenvalue weighted by atomic mass is 32.2. The number of carbonyl (C=O) groups excluding carboxylic acids is 4. The third kappa shape index (κ3) is 7.91. The minimum Gasteiger partial charge on any atom is -0.462 e. The highest BCUT2D eigenvalue weighted by Crippen LogP contribution is 2.35. The zero-order valence-electron chi connectivity index (χ0n) is 24.7. The Kier molecular flexibility index (Phi) is 11.0. The molecule has 4 rings (SSSR count). The Bertz CT molecular complexity index is 1720. The number of thioether (sulfide) groups is 1. The molecule has 0 bridgehead atoms. The van der Waals surface area contributed by atoms with Crippen molar-refractivity contribution in [3.05, 3.63) is 87.6 Å². The number of rotatable bonds is 12. The predicted octanol–water partition coefficient (Wildman–Crippen LogP) is 5.32. The third-order valence-corrected chi connectivity index (χ3v) is 8.48. The molecule has 0 aliphatic heterocycles. The molecule has 45 heavy (non-hydrogen) atoms. The lowest BCUT2D eigenvalue weighted by Crippen LogP contribution is -2.25. The third-order valence-electron chi connectivity index (χ3n) is 6.25. The van der Waals surface area contributed by atoms with E-state index < -0.39 is 40.6 Å². The summed E-state index contributed by atoms with van der Waals surface area (Å²) in [6, 6.07) is 10.7. The Balaban J connectivity index is 1.58. The van der Waals surface area contributed by atoms with Crippen molar-refractivity contribution in [2.24, 2.45) is 0 Å². The molecule has 0 aliphatic rings. The van der Waals surface area contributed by atoms with E-state index in [-0.39, 0.29) is 51.7 Å².